The molecule has 0 bridgehead atoms. The van der Waals surface area contributed by atoms with Gasteiger partial charge < -0.3 is 9.84 Å². The van der Waals surface area contributed by atoms with Crippen LogP contribution in [-0.4, -0.2) is 20.6 Å². The zero-order valence-corrected chi connectivity index (χ0v) is 15.7. The van der Waals surface area contributed by atoms with Crippen LogP contribution in [0.1, 0.15) is 0 Å². The summed E-state index contributed by atoms with van der Waals surface area (Å²) in [6, 6.07) is 12.4. The van der Waals surface area contributed by atoms with Crippen LogP contribution in [0.5, 0.6) is 0 Å². The fourth-order valence-electron chi connectivity index (χ4n) is 2.87. The maximum absolute atomic E-state index is 13.8. The van der Waals surface area contributed by atoms with E-state index in [9.17, 15) is 22.8 Å². The number of halogens is 3. The summed E-state index contributed by atoms with van der Waals surface area (Å²) < 4.78 is 46.5. The van der Waals surface area contributed by atoms with E-state index in [1.54, 1.807) is 6.07 Å². The number of benzene rings is 2. The standard InChI is InChI=1S/C21H13F3N4O3/c22-13-4-1-3-12(9-13)20-26-21(31-27-20)17-5-2-6-19(30)28(17)11-18(29)25-16-8-7-14(23)10-15(16)24/h1-10H,11H2,(H,25,29). The Hall–Kier alpha value is -4.21. The molecule has 0 atom stereocenters. The largest absolute Gasteiger partial charge is 0.332 e. The summed E-state index contributed by atoms with van der Waals surface area (Å²) in [7, 11) is 0. The Morgan fingerprint density at radius 3 is 2.55 bits per heavy atom. The van der Waals surface area contributed by atoms with Crippen molar-refractivity contribution in [3.8, 4) is 23.0 Å². The number of amides is 1. The maximum Gasteiger partial charge on any atom is 0.274 e. The van der Waals surface area contributed by atoms with E-state index in [0.717, 1.165) is 16.7 Å². The van der Waals surface area contributed by atoms with Gasteiger partial charge in [-0.1, -0.05) is 23.4 Å². The average molecular weight is 426 g/mol. The van der Waals surface area contributed by atoms with Gasteiger partial charge in [-0.05, 0) is 30.3 Å². The highest BCUT2D eigenvalue weighted by Crippen LogP contribution is 2.22. The fourth-order valence-corrected chi connectivity index (χ4v) is 2.87. The fraction of sp³-hybridized carbons (Fsp3) is 0.0476. The van der Waals surface area contributed by atoms with E-state index in [0.29, 0.717) is 11.6 Å². The molecule has 4 rings (SSSR count). The number of nitrogens with one attached hydrogen (secondary N) is 1. The van der Waals surface area contributed by atoms with Crippen LogP contribution in [0.25, 0.3) is 23.0 Å². The Morgan fingerprint density at radius 2 is 1.77 bits per heavy atom. The van der Waals surface area contributed by atoms with Crippen molar-refractivity contribution in [1.82, 2.24) is 14.7 Å². The van der Waals surface area contributed by atoms with E-state index in [4.69, 9.17) is 4.52 Å². The molecule has 1 amide bonds. The molecule has 0 aliphatic rings. The van der Waals surface area contributed by atoms with Crippen LogP contribution in [0, 0.1) is 17.5 Å². The molecule has 7 nitrogen and oxygen atoms in total. The predicted molar refractivity (Wildman–Crippen MR) is 104 cm³/mol. The normalized spacial score (nSPS) is 10.8. The number of aromatic nitrogens is 3. The smallest absolute Gasteiger partial charge is 0.274 e. The van der Waals surface area contributed by atoms with Crippen LogP contribution in [0.4, 0.5) is 18.9 Å². The monoisotopic (exact) mass is 426 g/mol. The van der Waals surface area contributed by atoms with Crippen molar-refractivity contribution in [3.05, 3.63) is 88.5 Å². The van der Waals surface area contributed by atoms with Crippen molar-refractivity contribution in [2.24, 2.45) is 0 Å². The molecule has 0 aliphatic heterocycles. The van der Waals surface area contributed by atoms with E-state index in [-0.39, 0.29) is 23.1 Å². The first-order valence-electron chi connectivity index (χ1n) is 8.95. The topological polar surface area (TPSA) is 90.0 Å². The lowest BCUT2D eigenvalue weighted by atomic mass is 10.2. The van der Waals surface area contributed by atoms with Crippen LogP contribution < -0.4 is 10.9 Å². The second-order valence-corrected chi connectivity index (χ2v) is 6.44. The van der Waals surface area contributed by atoms with Crippen molar-refractivity contribution in [2.45, 2.75) is 6.54 Å². The van der Waals surface area contributed by atoms with Crippen molar-refractivity contribution in [1.29, 1.82) is 0 Å². The molecule has 0 spiro atoms. The second kappa shape index (κ2) is 8.27. The van der Waals surface area contributed by atoms with Crippen molar-refractivity contribution < 1.29 is 22.5 Å². The Balaban J connectivity index is 1.62. The van der Waals surface area contributed by atoms with Crippen LogP contribution in [-0.2, 0) is 11.3 Å². The minimum Gasteiger partial charge on any atom is -0.332 e. The van der Waals surface area contributed by atoms with Gasteiger partial charge in [0.1, 0.15) is 29.7 Å². The SMILES string of the molecule is O=C(Cn1c(-c2nc(-c3cccc(F)c3)no2)cccc1=O)Nc1ccc(F)cc1F. The minimum atomic E-state index is -0.953. The third-order valence-corrected chi connectivity index (χ3v) is 4.28. The van der Waals surface area contributed by atoms with Crippen molar-refractivity contribution >= 4 is 11.6 Å². The van der Waals surface area contributed by atoms with Gasteiger partial charge in [-0.3, -0.25) is 14.2 Å². The van der Waals surface area contributed by atoms with Gasteiger partial charge in [-0.25, -0.2) is 13.2 Å². The Labute approximate surface area is 172 Å². The molecule has 0 saturated heterocycles. The molecule has 1 N–H and O–H groups in total. The van der Waals surface area contributed by atoms with Crippen LogP contribution in [0.15, 0.2) is 70.0 Å². The number of carbonyl (C=O) groups is 1. The molecule has 156 valence electrons. The van der Waals surface area contributed by atoms with Gasteiger partial charge in [-0.2, -0.15) is 4.98 Å². The average Bonchev–Trinajstić information content (AvgIpc) is 3.22. The van der Waals surface area contributed by atoms with Crippen LogP contribution in [0.2, 0.25) is 0 Å². The highest BCUT2D eigenvalue weighted by Gasteiger charge is 2.17. The third kappa shape index (κ3) is 4.37. The summed E-state index contributed by atoms with van der Waals surface area (Å²) >= 11 is 0. The molecular formula is C21H13F3N4O3. The summed E-state index contributed by atoms with van der Waals surface area (Å²) in [6.07, 6.45) is 0. The summed E-state index contributed by atoms with van der Waals surface area (Å²) in [5.74, 6) is -2.93. The zero-order valence-electron chi connectivity index (χ0n) is 15.7. The number of hydrogen-bond donors (Lipinski definition) is 1. The number of pyridine rings is 1. The van der Waals surface area contributed by atoms with Crippen molar-refractivity contribution in [3.63, 3.8) is 0 Å². The molecule has 0 unspecified atom stereocenters. The summed E-state index contributed by atoms with van der Waals surface area (Å²) in [4.78, 5) is 28.9. The van der Waals surface area contributed by atoms with Gasteiger partial charge in [0.2, 0.25) is 11.7 Å². The van der Waals surface area contributed by atoms with Gasteiger partial charge in [0, 0.05) is 17.7 Å². The van der Waals surface area contributed by atoms with Crippen molar-refractivity contribution in [2.75, 3.05) is 5.32 Å². The summed E-state index contributed by atoms with van der Waals surface area (Å²) in [5, 5.41) is 6.07. The van der Waals surface area contributed by atoms with Crippen LogP contribution in [0.3, 0.4) is 0 Å². The minimum absolute atomic E-state index is 0.0716. The lowest BCUT2D eigenvalue weighted by molar-refractivity contribution is -0.116. The lowest BCUT2D eigenvalue weighted by Gasteiger charge is -2.11. The Kier molecular flexibility index (Phi) is 5.35. The molecule has 4 aromatic rings. The maximum atomic E-state index is 13.8. The lowest BCUT2D eigenvalue weighted by Crippen LogP contribution is -2.28. The van der Waals surface area contributed by atoms with Crippen LogP contribution >= 0.6 is 0 Å². The summed E-state index contributed by atoms with van der Waals surface area (Å²) in [5.41, 5.74) is -0.275. The zero-order chi connectivity index (χ0) is 22.0. The van der Waals surface area contributed by atoms with E-state index in [1.807, 2.05) is 0 Å². The van der Waals surface area contributed by atoms with Gasteiger partial charge >= 0.3 is 0 Å². The molecule has 31 heavy (non-hydrogen) atoms. The van der Waals surface area contributed by atoms with E-state index in [1.165, 1.54) is 36.4 Å². The number of anilines is 1. The number of nitrogens with zero attached hydrogens (tertiary/aromatic N) is 3. The Morgan fingerprint density at radius 1 is 1.00 bits per heavy atom. The van der Waals surface area contributed by atoms with Gasteiger partial charge in [0.05, 0.1) is 5.69 Å². The van der Waals surface area contributed by atoms with E-state index in [2.05, 4.69) is 15.5 Å². The predicted octanol–water partition coefficient (Wildman–Crippen LogP) is 3.62. The Bertz CT molecular complexity index is 1330. The van der Waals surface area contributed by atoms with E-state index < -0.39 is 35.5 Å². The highest BCUT2D eigenvalue weighted by molar-refractivity contribution is 5.90. The van der Waals surface area contributed by atoms with Gasteiger partial charge in [0.25, 0.3) is 11.4 Å². The molecule has 0 aliphatic carbocycles. The number of rotatable bonds is 5. The number of hydrogen-bond acceptors (Lipinski definition) is 5. The molecular weight excluding hydrogens is 413 g/mol. The molecule has 0 fully saturated rings. The first kappa shape index (κ1) is 20.1. The van der Waals surface area contributed by atoms with Gasteiger partial charge in [0.15, 0.2) is 0 Å². The second-order valence-electron chi connectivity index (χ2n) is 6.44. The first-order valence-corrected chi connectivity index (χ1v) is 8.95. The third-order valence-electron chi connectivity index (χ3n) is 4.28. The van der Waals surface area contributed by atoms with E-state index >= 15 is 0 Å². The first-order chi connectivity index (χ1) is 14.9. The molecule has 2 aromatic heterocycles. The molecule has 2 aromatic carbocycles. The molecule has 2 heterocycles. The quantitative estimate of drug-likeness (QED) is 0.527. The summed E-state index contributed by atoms with van der Waals surface area (Å²) in [6.45, 7) is -0.497. The molecule has 0 saturated carbocycles. The molecule has 0 radical (unpaired) electrons. The molecule has 10 heteroatoms. The highest BCUT2D eigenvalue weighted by atomic mass is 19.1. The number of carbonyl (C=O) groups excluding carboxylic acids is 1. The van der Waals surface area contributed by atoms with Gasteiger partial charge in [-0.15, -0.1) is 0 Å².